The first-order valence-electron chi connectivity index (χ1n) is 3.24. The number of ether oxygens (including phenoxy) is 1. The fourth-order valence-electron chi connectivity index (χ4n) is 0.929. The molecule has 0 radical (unpaired) electrons. The monoisotopic (exact) mass is 159 g/mol. The minimum Gasteiger partial charge on any atom is -0.434 e. The van der Waals surface area contributed by atoms with Crippen LogP contribution in [0.1, 0.15) is 13.3 Å². The smallest absolute Gasteiger partial charge is 0.310 e. The van der Waals surface area contributed by atoms with Gasteiger partial charge in [-0.25, -0.2) is 0 Å². The Labute approximate surface area is 63.3 Å². The maximum absolute atomic E-state index is 10.5. The predicted octanol–water partition coefficient (Wildman–Crippen LogP) is -1.24. The van der Waals surface area contributed by atoms with Crippen molar-refractivity contribution in [1.29, 1.82) is 0 Å². The van der Waals surface area contributed by atoms with Gasteiger partial charge < -0.3 is 15.2 Å². The normalized spacial score (nSPS) is 29.8. The number of amides is 1. The standard InChI is InChI=1S/C6H9NO4/c1-3(8)7-4-2-5(9)11-6(4)10/h4,6,10H,2H2,1H3,(H,7,8). The average Bonchev–Trinajstić information content (AvgIpc) is 2.09. The van der Waals surface area contributed by atoms with Crippen LogP contribution in [0.2, 0.25) is 0 Å². The molecular weight excluding hydrogens is 150 g/mol. The summed E-state index contributed by atoms with van der Waals surface area (Å²) in [5, 5.41) is 11.3. The number of esters is 1. The number of aliphatic hydroxyl groups excluding tert-OH is 1. The van der Waals surface area contributed by atoms with Crippen LogP contribution in [0.15, 0.2) is 0 Å². The SMILES string of the molecule is CC(=O)NC1CC(=O)OC1O. The van der Waals surface area contributed by atoms with Gasteiger partial charge in [0.2, 0.25) is 12.2 Å². The molecule has 11 heavy (non-hydrogen) atoms. The van der Waals surface area contributed by atoms with Crippen LogP contribution in [-0.2, 0) is 14.3 Å². The minimum atomic E-state index is -1.19. The average molecular weight is 159 g/mol. The van der Waals surface area contributed by atoms with Gasteiger partial charge in [-0.15, -0.1) is 0 Å². The molecule has 2 unspecified atom stereocenters. The number of carbonyl (C=O) groups excluding carboxylic acids is 2. The molecule has 1 aliphatic rings. The molecule has 1 aliphatic heterocycles. The molecule has 0 aromatic carbocycles. The molecule has 1 amide bonds. The Hall–Kier alpha value is -1.10. The molecule has 62 valence electrons. The third kappa shape index (κ3) is 1.91. The summed E-state index contributed by atoms with van der Waals surface area (Å²) in [6.07, 6.45) is -1.15. The molecule has 2 atom stereocenters. The molecule has 0 spiro atoms. The van der Waals surface area contributed by atoms with Crippen molar-refractivity contribution < 1.29 is 19.4 Å². The van der Waals surface area contributed by atoms with Crippen LogP contribution in [-0.4, -0.2) is 29.3 Å². The first-order valence-corrected chi connectivity index (χ1v) is 3.24. The van der Waals surface area contributed by atoms with Gasteiger partial charge in [-0.1, -0.05) is 0 Å². The minimum absolute atomic E-state index is 0.0424. The lowest BCUT2D eigenvalue weighted by Gasteiger charge is -2.11. The molecule has 0 aliphatic carbocycles. The highest BCUT2D eigenvalue weighted by molar-refractivity contribution is 5.77. The van der Waals surface area contributed by atoms with Gasteiger partial charge in [0, 0.05) is 6.92 Å². The van der Waals surface area contributed by atoms with E-state index in [0.717, 1.165) is 0 Å². The number of nitrogens with one attached hydrogen (secondary N) is 1. The van der Waals surface area contributed by atoms with E-state index in [4.69, 9.17) is 5.11 Å². The van der Waals surface area contributed by atoms with E-state index in [0.29, 0.717) is 0 Å². The fraction of sp³-hybridized carbons (Fsp3) is 0.667. The van der Waals surface area contributed by atoms with Gasteiger partial charge in [-0.3, -0.25) is 9.59 Å². The number of cyclic esters (lactones) is 1. The molecular formula is C6H9NO4. The Balaban J connectivity index is 2.46. The Morgan fingerprint density at radius 3 is 2.82 bits per heavy atom. The fourth-order valence-corrected chi connectivity index (χ4v) is 0.929. The van der Waals surface area contributed by atoms with Crippen LogP contribution >= 0.6 is 0 Å². The van der Waals surface area contributed by atoms with E-state index in [2.05, 4.69) is 10.1 Å². The van der Waals surface area contributed by atoms with Crippen molar-refractivity contribution in [2.75, 3.05) is 0 Å². The van der Waals surface area contributed by atoms with Gasteiger partial charge in [0.25, 0.3) is 0 Å². The maximum Gasteiger partial charge on any atom is 0.310 e. The summed E-state index contributed by atoms with van der Waals surface area (Å²) >= 11 is 0. The second kappa shape index (κ2) is 2.87. The van der Waals surface area contributed by atoms with Crippen LogP contribution in [0, 0.1) is 0 Å². The lowest BCUT2D eigenvalue weighted by molar-refractivity contribution is -0.155. The summed E-state index contributed by atoms with van der Waals surface area (Å²) in [7, 11) is 0. The van der Waals surface area contributed by atoms with Crippen molar-refractivity contribution in [2.45, 2.75) is 25.7 Å². The highest BCUT2D eigenvalue weighted by Crippen LogP contribution is 2.11. The summed E-state index contributed by atoms with van der Waals surface area (Å²) in [6, 6.07) is -0.583. The first kappa shape index (κ1) is 8.00. The summed E-state index contributed by atoms with van der Waals surface area (Å²) in [4.78, 5) is 21.0. The van der Waals surface area contributed by atoms with Crippen molar-refractivity contribution in [3.63, 3.8) is 0 Å². The van der Waals surface area contributed by atoms with Gasteiger partial charge in [-0.2, -0.15) is 0 Å². The first-order chi connectivity index (χ1) is 5.09. The molecule has 1 heterocycles. The van der Waals surface area contributed by atoms with E-state index in [1.165, 1.54) is 6.92 Å². The second-order valence-corrected chi connectivity index (χ2v) is 2.39. The predicted molar refractivity (Wildman–Crippen MR) is 34.3 cm³/mol. The van der Waals surface area contributed by atoms with E-state index in [1.54, 1.807) is 0 Å². The topological polar surface area (TPSA) is 75.6 Å². The molecule has 1 saturated heterocycles. The summed E-state index contributed by atoms with van der Waals surface area (Å²) in [5.41, 5.74) is 0. The summed E-state index contributed by atoms with van der Waals surface area (Å²) < 4.78 is 4.38. The Kier molecular flexibility index (Phi) is 2.09. The van der Waals surface area contributed by atoms with E-state index in [1.807, 2.05) is 0 Å². The van der Waals surface area contributed by atoms with Gasteiger partial charge in [0.15, 0.2) is 0 Å². The summed E-state index contributed by atoms with van der Waals surface area (Å²) in [5.74, 6) is -0.774. The van der Waals surface area contributed by atoms with E-state index in [9.17, 15) is 9.59 Å². The van der Waals surface area contributed by atoms with Gasteiger partial charge in [-0.05, 0) is 0 Å². The van der Waals surface area contributed by atoms with Crippen LogP contribution in [0.25, 0.3) is 0 Å². The Morgan fingerprint density at radius 1 is 1.82 bits per heavy atom. The van der Waals surface area contributed by atoms with Gasteiger partial charge in [0.1, 0.15) is 6.04 Å². The Morgan fingerprint density at radius 2 is 2.45 bits per heavy atom. The number of carbonyl (C=O) groups is 2. The van der Waals surface area contributed by atoms with Crippen LogP contribution in [0.4, 0.5) is 0 Å². The zero-order valence-electron chi connectivity index (χ0n) is 6.03. The third-order valence-electron chi connectivity index (χ3n) is 1.37. The van der Waals surface area contributed by atoms with Gasteiger partial charge >= 0.3 is 5.97 Å². The molecule has 0 bridgehead atoms. The van der Waals surface area contributed by atoms with E-state index in [-0.39, 0.29) is 12.3 Å². The van der Waals surface area contributed by atoms with Crippen LogP contribution in [0.5, 0.6) is 0 Å². The molecule has 1 rings (SSSR count). The Bertz CT molecular complexity index is 191. The zero-order valence-corrected chi connectivity index (χ0v) is 6.03. The number of hydrogen-bond donors (Lipinski definition) is 2. The van der Waals surface area contributed by atoms with Crippen molar-refractivity contribution in [2.24, 2.45) is 0 Å². The lowest BCUT2D eigenvalue weighted by Crippen LogP contribution is -2.38. The van der Waals surface area contributed by atoms with Crippen LogP contribution < -0.4 is 5.32 Å². The molecule has 0 aromatic rings. The molecule has 5 heteroatoms. The maximum atomic E-state index is 10.5. The zero-order chi connectivity index (χ0) is 8.43. The van der Waals surface area contributed by atoms with Crippen molar-refractivity contribution in [3.8, 4) is 0 Å². The molecule has 1 fully saturated rings. The third-order valence-corrected chi connectivity index (χ3v) is 1.37. The van der Waals surface area contributed by atoms with Gasteiger partial charge in [0.05, 0.1) is 6.42 Å². The molecule has 2 N–H and O–H groups in total. The van der Waals surface area contributed by atoms with Crippen molar-refractivity contribution in [1.82, 2.24) is 5.32 Å². The molecule has 5 nitrogen and oxygen atoms in total. The lowest BCUT2D eigenvalue weighted by atomic mass is 10.2. The quantitative estimate of drug-likeness (QED) is 0.469. The highest BCUT2D eigenvalue weighted by atomic mass is 16.6. The highest BCUT2D eigenvalue weighted by Gasteiger charge is 2.33. The number of aliphatic hydroxyl groups is 1. The van der Waals surface area contributed by atoms with Crippen molar-refractivity contribution in [3.05, 3.63) is 0 Å². The number of hydrogen-bond acceptors (Lipinski definition) is 4. The second-order valence-electron chi connectivity index (χ2n) is 2.39. The van der Waals surface area contributed by atoms with E-state index < -0.39 is 18.3 Å². The summed E-state index contributed by atoms with van der Waals surface area (Å²) in [6.45, 7) is 1.31. The number of rotatable bonds is 1. The van der Waals surface area contributed by atoms with E-state index >= 15 is 0 Å². The molecule has 0 saturated carbocycles. The van der Waals surface area contributed by atoms with Crippen molar-refractivity contribution >= 4 is 11.9 Å². The molecule has 0 aromatic heterocycles. The van der Waals surface area contributed by atoms with Crippen LogP contribution in [0.3, 0.4) is 0 Å². The largest absolute Gasteiger partial charge is 0.434 e.